The number of amides is 2. The first kappa shape index (κ1) is 12.3. The minimum absolute atomic E-state index is 0.0246. The van der Waals surface area contributed by atoms with Crippen LogP contribution in [0.1, 0.15) is 6.42 Å². The van der Waals surface area contributed by atoms with Crippen molar-refractivity contribution < 1.29 is 14.3 Å². The van der Waals surface area contributed by atoms with Gasteiger partial charge in [-0.1, -0.05) is 0 Å². The zero-order valence-electron chi connectivity index (χ0n) is 10.1. The second kappa shape index (κ2) is 5.46. The molecule has 0 aromatic rings. The Labute approximate surface area is 101 Å². The van der Waals surface area contributed by atoms with E-state index in [1.54, 1.807) is 0 Å². The number of nitrogens with zero attached hydrogens (tertiary/aromatic N) is 1. The van der Waals surface area contributed by atoms with Crippen LogP contribution in [0, 0.1) is 5.92 Å². The number of hydrogen-bond acceptors (Lipinski definition) is 4. The van der Waals surface area contributed by atoms with Gasteiger partial charge >= 0.3 is 0 Å². The summed E-state index contributed by atoms with van der Waals surface area (Å²) in [6, 6.07) is 0. The van der Waals surface area contributed by atoms with Gasteiger partial charge in [-0.15, -0.1) is 0 Å². The molecule has 0 bridgehead atoms. The topological polar surface area (TPSA) is 70.7 Å². The van der Waals surface area contributed by atoms with E-state index in [2.05, 4.69) is 10.6 Å². The fourth-order valence-electron chi connectivity index (χ4n) is 2.31. The van der Waals surface area contributed by atoms with Gasteiger partial charge < -0.3 is 20.3 Å². The zero-order chi connectivity index (χ0) is 12.3. The van der Waals surface area contributed by atoms with Gasteiger partial charge in [-0.25, -0.2) is 0 Å². The summed E-state index contributed by atoms with van der Waals surface area (Å²) in [5.41, 5.74) is 0. The van der Waals surface area contributed by atoms with E-state index in [4.69, 9.17) is 4.74 Å². The third-order valence-corrected chi connectivity index (χ3v) is 3.21. The van der Waals surface area contributed by atoms with Crippen molar-refractivity contribution in [1.29, 1.82) is 0 Å². The van der Waals surface area contributed by atoms with Crippen molar-refractivity contribution in [2.45, 2.75) is 12.5 Å². The Morgan fingerprint density at radius 2 is 2.47 bits per heavy atom. The highest BCUT2D eigenvalue weighted by Gasteiger charge is 2.33. The van der Waals surface area contributed by atoms with Crippen LogP contribution in [-0.4, -0.2) is 62.7 Å². The Balaban J connectivity index is 1.88. The molecule has 0 aliphatic carbocycles. The summed E-state index contributed by atoms with van der Waals surface area (Å²) in [5.74, 6) is -0.132. The maximum Gasteiger partial charge on any atom is 0.228 e. The predicted octanol–water partition coefficient (Wildman–Crippen LogP) is -1.43. The van der Waals surface area contributed by atoms with E-state index < -0.39 is 0 Å². The monoisotopic (exact) mass is 241 g/mol. The molecule has 2 fully saturated rings. The minimum atomic E-state index is -0.184. The highest BCUT2D eigenvalue weighted by atomic mass is 16.5. The average molecular weight is 241 g/mol. The van der Waals surface area contributed by atoms with Crippen LogP contribution in [0.3, 0.4) is 0 Å². The van der Waals surface area contributed by atoms with E-state index >= 15 is 0 Å². The molecule has 0 spiro atoms. The Hall–Kier alpha value is -1.14. The highest BCUT2D eigenvalue weighted by Crippen LogP contribution is 2.15. The first-order valence-electron chi connectivity index (χ1n) is 6.02. The Morgan fingerprint density at radius 3 is 3.12 bits per heavy atom. The van der Waals surface area contributed by atoms with Gasteiger partial charge in [-0.3, -0.25) is 9.59 Å². The lowest BCUT2D eigenvalue weighted by atomic mass is 10.1. The van der Waals surface area contributed by atoms with E-state index in [9.17, 15) is 9.59 Å². The lowest BCUT2D eigenvalue weighted by Gasteiger charge is -2.34. The smallest absolute Gasteiger partial charge is 0.228 e. The van der Waals surface area contributed by atoms with Crippen LogP contribution in [0.25, 0.3) is 0 Å². The fourth-order valence-corrected chi connectivity index (χ4v) is 2.31. The molecule has 2 atom stereocenters. The van der Waals surface area contributed by atoms with Crippen molar-refractivity contribution in [3.05, 3.63) is 0 Å². The molecule has 2 aliphatic heterocycles. The van der Waals surface area contributed by atoms with Crippen LogP contribution in [0.5, 0.6) is 0 Å². The molecule has 6 heteroatoms. The number of rotatable bonds is 3. The number of likely N-dealkylation sites (N-methyl/N-ethyl adjacent to an activating group) is 1. The number of morpholine rings is 1. The van der Waals surface area contributed by atoms with Gasteiger partial charge in [-0.05, 0) is 7.05 Å². The van der Waals surface area contributed by atoms with Crippen molar-refractivity contribution in [2.24, 2.45) is 5.92 Å². The molecule has 2 aliphatic rings. The first-order valence-corrected chi connectivity index (χ1v) is 6.02. The van der Waals surface area contributed by atoms with E-state index in [-0.39, 0.29) is 23.8 Å². The van der Waals surface area contributed by atoms with Crippen molar-refractivity contribution in [1.82, 2.24) is 15.5 Å². The van der Waals surface area contributed by atoms with Gasteiger partial charge in [0.1, 0.15) is 0 Å². The normalized spacial score (nSPS) is 29.2. The summed E-state index contributed by atoms with van der Waals surface area (Å²) in [6.07, 6.45) is 0.384. The van der Waals surface area contributed by atoms with Crippen molar-refractivity contribution >= 4 is 11.8 Å². The second-order valence-corrected chi connectivity index (χ2v) is 4.54. The summed E-state index contributed by atoms with van der Waals surface area (Å²) >= 11 is 0. The highest BCUT2D eigenvalue weighted by molar-refractivity contribution is 5.89. The molecule has 2 saturated heterocycles. The molecular formula is C11H19N3O3. The van der Waals surface area contributed by atoms with Gasteiger partial charge in [0.2, 0.25) is 11.8 Å². The molecule has 96 valence electrons. The second-order valence-electron chi connectivity index (χ2n) is 4.54. The third-order valence-electron chi connectivity index (χ3n) is 3.21. The number of nitrogens with one attached hydrogen (secondary N) is 2. The molecule has 2 amide bonds. The van der Waals surface area contributed by atoms with Crippen LogP contribution in [0.2, 0.25) is 0 Å². The summed E-state index contributed by atoms with van der Waals surface area (Å²) in [6.45, 7) is 3.04. The van der Waals surface area contributed by atoms with E-state index in [1.165, 1.54) is 0 Å². The maximum atomic E-state index is 12.2. The predicted molar refractivity (Wildman–Crippen MR) is 61.4 cm³/mol. The van der Waals surface area contributed by atoms with E-state index in [0.717, 1.165) is 6.54 Å². The van der Waals surface area contributed by atoms with E-state index in [1.807, 2.05) is 11.9 Å². The summed E-state index contributed by atoms with van der Waals surface area (Å²) in [5, 5.41) is 5.74. The molecule has 0 aromatic heterocycles. The molecular weight excluding hydrogens is 222 g/mol. The molecule has 6 nitrogen and oxygen atoms in total. The lowest BCUT2D eigenvalue weighted by molar-refractivity contribution is -0.142. The average Bonchev–Trinajstić information content (AvgIpc) is 2.76. The van der Waals surface area contributed by atoms with Crippen molar-refractivity contribution in [3.63, 3.8) is 0 Å². The Kier molecular flexibility index (Phi) is 3.96. The quantitative estimate of drug-likeness (QED) is 0.635. The molecule has 2 heterocycles. The molecule has 2 rings (SSSR count). The fraction of sp³-hybridized carbons (Fsp3) is 0.818. The molecule has 2 unspecified atom stereocenters. The standard InChI is InChI=1S/C11H19N3O3/c1-12-6-9-7-14(2-3-17-9)11(16)8-4-10(15)13-5-8/h8-9,12H,2-7H2,1H3,(H,13,15). The van der Waals surface area contributed by atoms with Crippen LogP contribution in [0.15, 0.2) is 0 Å². The van der Waals surface area contributed by atoms with Gasteiger partial charge in [-0.2, -0.15) is 0 Å². The van der Waals surface area contributed by atoms with Crippen LogP contribution >= 0.6 is 0 Å². The summed E-state index contributed by atoms with van der Waals surface area (Å²) in [7, 11) is 1.86. The van der Waals surface area contributed by atoms with Crippen LogP contribution < -0.4 is 10.6 Å². The number of carbonyl (C=O) groups is 2. The number of hydrogen-bond donors (Lipinski definition) is 2. The van der Waals surface area contributed by atoms with Crippen LogP contribution in [-0.2, 0) is 14.3 Å². The molecule has 2 N–H and O–H groups in total. The zero-order valence-corrected chi connectivity index (χ0v) is 10.1. The maximum absolute atomic E-state index is 12.2. The number of ether oxygens (including phenoxy) is 1. The van der Waals surface area contributed by atoms with Gasteiger partial charge in [0, 0.05) is 32.6 Å². The first-order chi connectivity index (χ1) is 8.20. The molecule has 17 heavy (non-hydrogen) atoms. The van der Waals surface area contributed by atoms with E-state index in [0.29, 0.717) is 32.7 Å². The largest absolute Gasteiger partial charge is 0.373 e. The molecule has 0 saturated carbocycles. The third kappa shape index (κ3) is 2.95. The Morgan fingerprint density at radius 1 is 1.65 bits per heavy atom. The summed E-state index contributed by atoms with van der Waals surface area (Å²) in [4.78, 5) is 25.1. The number of carbonyl (C=O) groups excluding carboxylic acids is 2. The van der Waals surface area contributed by atoms with Gasteiger partial charge in [0.15, 0.2) is 0 Å². The molecule has 0 radical (unpaired) electrons. The van der Waals surface area contributed by atoms with Gasteiger partial charge in [0.05, 0.1) is 18.6 Å². The summed E-state index contributed by atoms with van der Waals surface area (Å²) < 4.78 is 5.54. The van der Waals surface area contributed by atoms with Gasteiger partial charge in [0.25, 0.3) is 0 Å². The molecule has 0 aromatic carbocycles. The van der Waals surface area contributed by atoms with Crippen LogP contribution in [0.4, 0.5) is 0 Å². The van der Waals surface area contributed by atoms with Crippen molar-refractivity contribution in [3.8, 4) is 0 Å². The Bertz CT molecular complexity index is 306. The van der Waals surface area contributed by atoms with Crippen molar-refractivity contribution in [2.75, 3.05) is 39.8 Å². The SMILES string of the molecule is CNCC1CN(C(=O)C2CNC(=O)C2)CCO1. The lowest BCUT2D eigenvalue weighted by Crippen LogP contribution is -2.50. The minimum Gasteiger partial charge on any atom is -0.373 e.